The van der Waals surface area contributed by atoms with E-state index in [0.29, 0.717) is 23.4 Å². The Balaban J connectivity index is 1.91. The summed E-state index contributed by atoms with van der Waals surface area (Å²) in [4.78, 5) is 27.4. The van der Waals surface area contributed by atoms with Gasteiger partial charge in [0.1, 0.15) is 11.6 Å². The van der Waals surface area contributed by atoms with E-state index in [2.05, 4.69) is 0 Å². The number of nitrogens with zero attached hydrogens (tertiary/aromatic N) is 2. The molecule has 0 spiro atoms. The summed E-state index contributed by atoms with van der Waals surface area (Å²) in [7, 11) is 1.47. The van der Waals surface area contributed by atoms with Crippen LogP contribution in [0.15, 0.2) is 30.3 Å². The van der Waals surface area contributed by atoms with Crippen molar-refractivity contribution in [1.82, 2.24) is 4.90 Å². The molecule has 7 nitrogen and oxygen atoms in total. The molecule has 0 bridgehead atoms. The third kappa shape index (κ3) is 4.72. The van der Waals surface area contributed by atoms with Crippen molar-refractivity contribution >= 4 is 23.4 Å². The Labute approximate surface area is 195 Å². The average Bonchev–Trinajstić information content (AvgIpc) is 3.00. The summed E-state index contributed by atoms with van der Waals surface area (Å²) in [5.41, 5.74) is 3.30. The van der Waals surface area contributed by atoms with Crippen LogP contribution in [0, 0.1) is 5.41 Å². The van der Waals surface area contributed by atoms with Crippen molar-refractivity contribution in [3.63, 3.8) is 0 Å². The van der Waals surface area contributed by atoms with Gasteiger partial charge in [-0.05, 0) is 46.7 Å². The zero-order valence-corrected chi connectivity index (χ0v) is 20.4. The molecule has 0 radical (unpaired) electrons. The molecule has 3 rings (SSSR count). The average molecular weight is 452 g/mol. The van der Waals surface area contributed by atoms with Crippen LogP contribution in [-0.4, -0.2) is 46.4 Å². The van der Waals surface area contributed by atoms with Gasteiger partial charge >= 0.3 is 6.09 Å². The molecule has 0 saturated carbocycles. The van der Waals surface area contributed by atoms with E-state index >= 15 is 0 Å². The lowest BCUT2D eigenvalue weighted by atomic mass is 9.78. The number of Topliss-reactive ketones (excluding diaryl/α,β-unsaturated/α-hetero) is 1. The van der Waals surface area contributed by atoms with Crippen LogP contribution in [0.1, 0.15) is 74.2 Å². The van der Waals surface area contributed by atoms with Crippen LogP contribution in [0.4, 0.5) is 10.5 Å². The molecule has 2 aromatic rings. The first kappa shape index (κ1) is 24.3. The number of hydrogen-bond acceptors (Lipinski definition) is 4. The number of ketones is 1. The summed E-state index contributed by atoms with van der Waals surface area (Å²) in [6.07, 6.45) is -1.06. The summed E-state index contributed by atoms with van der Waals surface area (Å²) in [6, 6.07) is 8.67. The van der Waals surface area contributed by atoms with E-state index in [1.807, 2.05) is 41.5 Å². The van der Waals surface area contributed by atoms with Crippen LogP contribution in [0.3, 0.4) is 0 Å². The largest absolute Gasteiger partial charge is 0.507 e. The van der Waals surface area contributed by atoms with Crippen LogP contribution in [0.2, 0.25) is 0 Å². The molecule has 0 aliphatic carbocycles. The molecule has 1 heterocycles. The van der Waals surface area contributed by atoms with E-state index in [1.165, 1.54) is 7.05 Å². The lowest BCUT2D eigenvalue weighted by Gasteiger charge is -2.28. The first-order chi connectivity index (χ1) is 15.1. The van der Waals surface area contributed by atoms with Gasteiger partial charge in [-0.25, -0.2) is 4.79 Å². The smallest absolute Gasteiger partial charge is 0.411 e. The maximum atomic E-state index is 13.3. The molecule has 1 amide bonds. The van der Waals surface area contributed by atoms with Crippen molar-refractivity contribution in [1.29, 1.82) is 5.41 Å². The standard InChI is InChI=1S/C26H33N3O4/c1-25(2,3)19-11-15(12-20(22(19)31)26(4,5)6)21(30)14-29-13-16-10-17(28(7)24(32)33)8-9-18(16)23(29)27/h8-12,27,31H,13-14H2,1-7H3,(H,32,33). The Bertz CT molecular complexity index is 1100. The highest BCUT2D eigenvalue weighted by molar-refractivity contribution is 6.06. The monoisotopic (exact) mass is 451 g/mol. The summed E-state index contributed by atoms with van der Waals surface area (Å²) < 4.78 is 0. The Morgan fingerprint density at radius 3 is 2.06 bits per heavy atom. The number of amides is 1. The van der Waals surface area contributed by atoms with Gasteiger partial charge in [0.15, 0.2) is 5.78 Å². The molecule has 176 valence electrons. The first-order valence-electron chi connectivity index (χ1n) is 11.0. The van der Waals surface area contributed by atoms with Crippen molar-refractivity contribution < 1.29 is 19.8 Å². The predicted molar refractivity (Wildman–Crippen MR) is 130 cm³/mol. The zero-order chi connectivity index (χ0) is 24.9. The molecule has 33 heavy (non-hydrogen) atoms. The lowest BCUT2D eigenvalue weighted by molar-refractivity contribution is 0.0962. The molecule has 3 N–H and O–H groups in total. The highest BCUT2D eigenvalue weighted by Crippen LogP contribution is 2.40. The topological polar surface area (TPSA) is 105 Å². The molecule has 0 saturated heterocycles. The van der Waals surface area contributed by atoms with Crippen molar-refractivity contribution in [2.45, 2.75) is 58.9 Å². The number of benzene rings is 2. The van der Waals surface area contributed by atoms with Crippen molar-refractivity contribution in [2.75, 3.05) is 18.5 Å². The maximum absolute atomic E-state index is 13.3. The number of rotatable bonds is 4. The highest BCUT2D eigenvalue weighted by atomic mass is 16.4. The molecule has 0 atom stereocenters. The minimum absolute atomic E-state index is 0.0234. The summed E-state index contributed by atoms with van der Waals surface area (Å²) in [5.74, 6) is 0.336. The Morgan fingerprint density at radius 2 is 1.58 bits per heavy atom. The molecular weight excluding hydrogens is 418 g/mol. The van der Waals surface area contributed by atoms with Gasteiger partial charge in [0, 0.05) is 41.5 Å². The van der Waals surface area contributed by atoms with Gasteiger partial charge in [-0.15, -0.1) is 0 Å². The van der Waals surface area contributed by atoms with Gasteiger partial charge in [0.05, 0.1) is 6.54 Å². The second-order valence-electron chi connectivity index (χ2n) is 10.7. The Kier molecular flexibility index (Phi) is 6.04. The van der Waals surface area contributed by atoms with E-state index in [9.17, 15) is 19.8 Å². The first-order valence-corrected chi connectivity index (χ1v) is 11.0. The number of fused-ring (bicyclic) bond motifs is 1. The fourth-order valence-electron chi connectivity index (χ4n) is 4.05. The normalized spacial score (nSPS) is 13.8. The van der Waals surface area contributed by atoms with Gasteiger partial charge in [-0.2, -0.15) is 0 Å². The van der Waals surface area contributed by atoms with E-state index < -0.39 is 6.09 Å². The van der Waals surface area contributed by atoms with Crippen LogP contribution >= 0.6 is 0 Å². The molecule has 0 aromatic heterocycles. The van der Waals surface area contributed by atoms with Crippen molar-refractivity contribution in [3.8, 4) is 5.75 Å². The molecule has 7 heteroatoms. The number of anilines is 1. The maximum Gasteiger partial charge on any atom is 0.411 e. The summed E-state index contributed by atoms with van der Waals surface area (Å²) in [6.45, 7) is 12.4. The Hall–Kier alpha value is -3.35. The number of phenols is 1. The quantitative estimate of drug-likeness (QED) is 0.559. The number of carbonyl (C=O) groups is 2. The van der Waals surface area contributed by atoms with Crippen LogP contribution in [0.5, 0.6) is 5.75 Å². The number of hydrogen-bond donors (Lipinski definition) is 3. The molecule has 2 aromatic carbocycles. The molecule has 0 unspecified atom stereocenters. The number of nitrogens with one attached hydrogen (secondary N) is 1. The van der Waals surface area contributed by atoms with Gasteiger partial charge in [0.2, 0.25) is 0 Å². The van der Waals surface area contributed by atoms with E-state index in [0.717, 1.165) is 21.6 Å². The summed E-state index contributed by atoms with van der Waals surface area (Å²) in [5, 5.41) is 28.7. The SMILES string of the molecule is CN(C(=O)O)c1ccc2c(c1)CN(CC(=O)c1cc(C(C)(C)C)c(O)c(C(C)(C)C)c1)C2=N. The second-order valence-corrected chi connectivity index (χ2v) is 10.7. The third-order valence-corrected chi connectivity index (χ3v) is 6.08. The van der Waals surface area contributed by atoms with Crippen LogP contribution in [0.25, 0.3) is 0 Å². The number of carboxylic acid groups (broad SMARTS) is 1. The molecule has 1 aliphatic heterocycles. The van der Waals surface area contributed by atoms with E-state index in [-0.39, 0.29) is 34.7 Å². The third-order valence-electron chi connectivity index (χ3n) is 6.08. The minimum atomic E-state index is -1.06. The molecule has 0 fully saturated rings. The fraction of sp³-hybridized carbons (Fsp3) is 0.423. The highest BCUT2D eigenvalue weighted by Gasteiger charge is 2.30. The second kappa shape index (κ2) is 8.21. The number of phenolic OH excluding ortho intramolecular Hbond substituents is 1. The van der Waals surface area contributed by atoms with Gasteiger partial charge in [-0.3, -0.25) is 15.1 Å². The number of amidine groups is 1. The van der Waals surface area contributed by atoms with E-state index in [1.54, 1.807) is 35.2 Å². The Morgan fingerprint density at radius 1 is 1.03 bits per heavy atom. The number of aromatic hydroxyl groups is 1. The van der Waals surface area contributed by atoms with Gasteiger partial charge in [0.25, 0.3) is 0 Å². The fourth-order valence-corrected chi connectivity index (χ4v) is 4.05. The van der Waals surface area contributed by atoms with E-state index in [4.69, 9.17) is 5.41 Å². The van der Waals surface area contributed by atoms with Crippen LogP contribution in [-0.2, 0) is 17.4 Å². The molecular formula is C26H33N3O4. The predicted octanol–water partition coefficient (Wildman–Crippen LogP) is 5.13. The lowest BCUT2D eigenvalue weighted by Crippen LogP contribution is -2.30. The van der Waals surface area contributed by atoms with Crippen molar-refractivity contribution in [3.05, 3.63) is 58.1 Å². The number of carbonyl (C=O) groups excluding carboxylic acids is 1. The molecule has 1 aliphatic rings. The summed E-state index contributed by atoms with van der Waals surface area (Å²) >= 11 is 0. The minimum Gasteiger partial charge on any atom is -0.507 e. The van der Waals surface area contributed by atoms with Gasteiger partial charge < -0.3 is 15.1 Å². The van der Waals surface area contributed by atoms with Crippen LogP contribution < -0.4 is 4.90 Å². The van der Waals surface area contributed by atoms with Gasteiger partial charge in [-0.1, -0.05) is 41.5 Å². The zero-order valence-electron chi connectivity index (χ0n) is 20.4. The van der Waals surface area contributed by atoms with Crippen molar-refractivity contribution in [2.24, 2.45) is 0 Å².